The van der Waals surface area contributed by atoms with Crippen molar-refractivity contribution in [3.05, 3.63) is 41.7 Å². The molecule has 140 valence electrons. The van der Waals surface area contributed by atoms with E-state index < -0.39 is 10.0 Å². The summed E-state index contributed by atoms with van der Waals surface area (Å²) in [6.07, 6.45) is 5.08. The van der Waals surface area contributed by atoms with Crippen LogP contribution in [0.15, 0.2) is 39.8 Å². The number of amides is 1. The Morgan fingerprint density at radius 2 is 1.85 bits per heavy atom. The van der Waals surface area contributed by atoms with Gasteiger partial charge in [-0.25, -0.2) is 8.42 Å². The molecule has 0 spiro atoms. The van der Waals surface area contributed by atoms with E-state index in [2.05, 4.69) is 10.5 Å². The second kappa shape index (κ2) is 7.59. The highest BCUT2D eigenvalue weighted by molar-refractivity contribution is 7.89. The van der Waals surface area contributed by atoms with E-state index in [1.54, 1.807) is 20.0 Å². The lowest BCUT2D eigenvalue weighted by Gasteiger charge is -2.30. The Kier molecular flexibility index (Phi) is 5.43. The van der Waals surface area contributed by atoms with Gasteiger partial charge in [-0.05, 0) is 44.0 Å². The zero-order valence-corrected chi connectivity index (χ0v) is 15.8. The predicted octanol–water partition coefficient (Wildman–Crippen LogP) is 3.19. The Bertz CT molecular complexity index is 868. The van der Waals surface area contributed by atoms with Crippen molar-refractivity contribution in [1.29, 1.82) is 0 Å². The van der Waals surface area contributed by atoms with Crippen molar-refractivity contribution in [1.82, 2.24) is 9.46 Å². The average molecular weight is 377 g/mol. The second-order valence-corrected chi connectivity index (χ2v) is 8.61. The second-order valence-electron chi connectivity index (χ2n) is 6.61. The van der Waals surface area contributed by atoms with Crippen LogP contribution in [-0.2, 0) is 10.0 Å². The van der Waals surface area contributed by atoms with Crippen LogP contribution in [0.1, 0.15) is 48.2 Å². The monoisotopic (exact) mass is 377 g/mol. The number of hydrogen-bond donors (Lipinski definition) is 1. The molecule has 1 aromatic carbocycles. The molecule has 1 aliphatic carbocycles. The first kappa shape index (κ1) is 18.6. The van der Waals surface area contributed by atoms with Gasteiger partial charge >= 0.3 is 0 Å². The molecule has 1 N–H and O–H groups in total. The van der Waals surface area contributed by atoms with Gasteiger partial charge < -0.3 is 9.84 Å². The van der Waals surface area contributed by atoms with E-state index in [9.17, 15) is 13.2 Å². The van der Waals surface area contributed by atoms with Crippen molar-refractivity contribution >= 4 is 21.7 Å². The largest absolute Gasteiger partial charge is 0.360 e. The fourth-order valence-corrected chi connectivity index (χ4v) is 4.62. The van der Waals surface area contributed by atoms with E-state index in [0.29, 0.717) is 17.1 Å². The van der Waals surface area contributed by atoms with Crippen LogP contribution in [0.5, 0.6) is 0 Å². The summed E-state index contributed by atoms with van der Waals surface area (Å²) >= 11 is 0. The highest BCUT2D eigenvalue weighted by Gasteiger charge is 2.29. The molecule has 0 aliphatic heterocycles. The molecule has 0 atom stereocenters. The van der Waals surface area contributed by atoms with Crippen molar-refractivity contribution in [2.45, 2.75) is 50.0 Å². The van der Waals surface area contributed by atoms with Crippen molar-refractivity contribution in [3.8, 4) is 0 Å². The fraction of sp³-hybridized carbons (Fsp3) is 0.444. The molecule has 2 aromatic rings. The van der Waals surface area contributed by atoms with Crippen LogP contribution < -0.4 is 5.32 Å². The highest BCUT2D eigenvalue weighted by Crippen LogP contribution is 2.26. The number of nitrogens with zero attached hydrogens (tertiary/aromatic N) is 2. The summed E-state index contributed by atoms with van der Waals surface area (Å²) in [4.78, 5) is 12.4. The SMILES string of the molecule is Cc1cc(NC(=O)c2ccc(S(=O)(=O)N(C)C3CCCCC3)cc2)no1. The number of rotatable bonds is 5. The molecule has 1 fully saturated rings. The minimum Gasteiger partial charge on any atom is -0.360 e. The molecular weight excluding hydrogens is 354 g/mol. The molecule has 1 amide bonds. The number of aryl methyl sites for hydroxylation is 1. The van der Waals surface area contributed by atoms with Gasteiger partial charge in [-0.3, -0.25) is 4.79 Å². The van der Waals surface area contributed by atoms with Gasteiger partial charge in [0, 0.05) is 24.7 Å². The normalized spacial score (nSPS) is 16.0. The Morgan fingerprint density at radius 3 is 2.42 bits per heavy atom. The lowest BCUT2D eigenvalue weighted by Crippen LogP contribution is -2.38. The fourth-order valence-electron chi connectivity index (χ4n) is 3.20. The molecule has 8 heteroatoms. The first-order valence-electron chi connectivity index (χ1n) is 8.71. The molecule has 1 aliphatic rings. The number of aromatic nitrogens is 1. The highest BCUT2D eigenvalue weighted by atomic mass is 32.2. The number of anilines is 1. The minimum atomic E-state index is -3.56. The van der Waals surface area contributed by atoms with E-state index in [0.717, 1.165) is 25.7 Å². The van der Waals surface area contributed by atoms with Gasteiger partial charge in [-0.1, -0.05) is 24.4 Å². The lowest BCUT2D eigenvalue weighted by molar-refractivity contribution is 0.102. The minimum absolute atomic E-state index is 0.0483. The predicted molar refractivity (Wildman–Crippen MR) is 97.5 cm³/mol. The third-order valence-electron chi connectivity index (χ3n) is 4.75. The zero-order chi connectivity index (χ0) is 18.7. The van der Waals surface area contributed by atoms with Crippen LogP contribution in [0.3, 0.4) is 0 Å². The molecule has 0 radical (unpaired) electrons. The van der Waals surface area contributed by atoms with Gasteiger partial charge in [-0.15, -0.1) is 0 Å². The molecule has 1 saturated carbocycles. The maximum absolute atomic E-state index is 12.8. The van der Waals surface area contributed by atoms with Gasteiger partial charge in [0.05, 0.1) is 4.90 Å². The molecule has 0 bridgehead atoms. The first-order chi connectivity index (χ1) is 12.4. The van der Waals surface area contributed by atoms with Crippen molar-refractivity contribution in [2.24, 2.45) is 0 Å². The van der Waals surface area contributed by atoms with Crippen LogP contribution in [0.25, 0.3) is 0 Å². The van der Waals surface area contributed by atoms with Gasteiger partial charge in [0.2, 0.25) is 10.0 Å². The molecule has 7 nitrogen and oxygen atoms in total. The topological polar surface area (TPSA) is 92.5 Å². The Hall–Kier alpha value is -2.19. The van der Waals surface area contributed by atoms with E-state index >= 15 is 0 Å². The van der Waals surface area contributed by atoms with Crippen molar-refractivity contribution < 1.29 is 17.7 Å². The Balaban J connectivity index is 1.72. The molecule has 0 unspecified atom stereocenters. The first-order valence-corrected chi connectivity index (χ1v) is 10.1. The molecule has 26 heavy (non-hydrogen) atoms. The van der Waals surface area contributed by atoms with Crippen LogP contribution >= 0.6 is 0 Å². The van der Waals surface area contributed by atoms with Crippen molar-refractivity contribution in [3.63, 3.8) is 0 Å². The standard InChI is InChI=1S/C18H23N3O4S/c1-13-12-17(20-25-13)19-18(22)14-8-10-16(11-9-14)26(23,24)21(2)15-6-4-3-5-7-15/h8-12,15H,3-7H2,1-2H3,(H,19,20,22). The summed E-state index contributed by atoms with van der Waals surface area (Å²) < 4.78 is 32.0. The number of nitrogens with one attached hydrogen (secondary N) is 1. The Labute approximate surface area is 153 Å². The number of hydrogen-bond acceptors (Lipinski definition) is 5. The van der Waals surface area contributed by atoms with Gasteiger partial charge in [0.25, 0.3) is 5.91 Å². The van der Waals surface area contributed by atoms with Crippen molar-refractivity contribution in [2.75, 3.05) is 12.4 Å². The molecule has 3 rings (SSSR count). The summed E-state index contributed by atoms with van der Waals surface area (Å²) in [5.74, 6) is 0.539. The Morgan fingerprint density at radius 1 is 1.19 bits per heavy atom. The molecule has 1 aromatic heterocycles. The van der Waals surface area contributed by atoms with E-state index in [-0.39, 0.29) is 16.8 Å². The third-order valence-corrected chi connectivity index (χ3v) is 6.68. The number of carbonyl (C=O) groups excluding carboxylic acids is 1. The molecular formula is C18H23N3O4S. The third kappa shape index (κ3) is 3.96. The van der Waals surface area contributed by atoms with Gasteiger partial charge in [0.15, 0.2) is 5.82 Å². The quantitative estimate of drug-likeness (QED) is 0.864. The summed E-state index contributed by atoms with van der Waals surface area (Å²) in [7, 11) is -1.92. The van der Waals surface area contributed by atoms with Gasteiger partial charge in [-0.2, -0.15) is 4.31 Å². The average Bonchev–Trinajstić information content (AvgIpc) is 3.06. The van der Waals surface area contributed by atoms with Crippen LogP contribution in [0.4, 0.5) is 5.82 Å². The number of sulfonamides is 1. The van der Waals surface area contributed by atoms with Gasteiger partial charge in [0.1, 0.15) is 5.76 Å². The summed E-state index contributed by atoms with van der Waals surface area (Å²) in [5, 5.41) is 6.31. The maximum Gasteiger partial charge on any atom is 0.256 e. The van der Waals surface area contributed by atoms with Crippen LogP contribution in [0, 0.1) is 6.92 Å². The van der Waals surface area contributed by atoms with E-state index in [1.165, 1.54) is 35.0 Å². The maximum atomic E-state index is 12.8. The van der Waals surface area contributed by atoms with Crippen LogP contribution in [0.2, 0.25) is 0 Å². The summed E-state index contributed by atoms with van der Waals surface area (Å²) in [6, 6.07) is 7.60. The summed E-state index contributed by atoms with van der Waals surface area (Å²) in [5.41, 5.74) is 0.352. The summed E-state index contributed by atoms with van der Waals surface area (Å²) in [6.45, 7) is 1.73. The van der Waals surface area contributed by atoms with E-state index in [4.69, 9.17) is 4.52 Å². The smallest absolute Gasteiger partial charge is 0.256 e. The number of benzene rings is 1. The number of carbonyl (C=O) groups is 1. The zero-order valence-electron chi connectivity index (χ0n) is 14.9. The van der Waals surface area contributed by atoms with E-state index in [1.807, 2.05) is 0 Å². The molecule has 1 heterocycles. The molecule has 0 saturated heterocycles. The van der Waals surface area contributed by atoms with Crippen LogP contribution in [-0.4, -0.2) is 36.9 Å². The lowest BCUT2D eigenvalue weighted by atomic mass is 9.96.